The number of aromatic nitrogens is 1. The van der Waals surface area contributed by atoms with Gasteiger partial charge in [0.15, 0.2) is 5.78 Å². The minimum atomic E-state index is -2.43. The zero-order valence-electron chi connectivity index (χ0n) is 63.1. The monoisotopic (exact) mass is 1600 g/mol. The van der Waals surface area contributed by atoms with Crippen LogP contribution in [0.3, 0.4) is 0 Å². The van der Waals surface area contributed by atoms with E-state index in [2.05, 4.69) is 65.1 Å². The molecule has 624 valence electrons. The quantitative estimate of drug-likeness (QED) is 0.0149. The number of aliphatic hydroxyl groups excluding tert-OH is 1. The molecule has 1 aliphatic rings. The third-order valence-corrected chi connectivity index (χ3v) is 17.7. The number of rotatable bonds is 35. The maximum absolute atomic E-state index is 14.8. The van der Waals surface area contributed by atoms with Crippen LogP contribution in [-0.2, 0) is 102 Å². The molecular weight excluding hydrogens is 1500 g/mol. The molecular formula is C72H100N16O26. The topological polar surface area (TPSA) is 676 Å². The molecule has 0 radical (unpaired) electrons. The molecule has 42 heteroatoms. The van der Waals surface area contributed by atoms with E-state index in [4.69, 9.17) is 16.2 Å². The fraction of sp³-hybridized carbons (Fsp3) is 0.528. The number of cyclic esters (lactones) is 1. The molecule has 0 saturated carbocycles. The first-order valence-corrected chi connectivity index (χ1v) is 36.6. The molecule has 0 aliphatic carbocycles. The van der Waals surface area contributed by atoms with Crippen molar-refractivity contribution in [3.05, 3.63) is 71.9 Å². The van der Waals surface area contributed by atoms with E-state index in [1.165, 1.54) is 30.3 Å². The van der Waals surface area contributed by atoms with Gasteiger partial charge in [0.05, 0.1) is 51.8 Å². The van der Waals surface area contributed by atoms with Crippen LogP contribution in [0.25, 0.3) is 10.9 Å². The molecule has 3 aromatic rings. The minimum absolute atomic E-state index is 0.0142. The van der Waals surface area contributed by atoms with E-state index in [1.807, 2.05) is 16.0 Å². The predicted octanol–water partition coefficient (Wildman–Crippen LogP) is -5.20. The zero-order chi connectivity index (χ0) is 84.9. The van der Waals surface area contributed by atoms with Gasteiger partial charge in [0, 0.05) is 41.9 Å². The number of unbranched alkanes of at least 4 members (excludes halogenated alkanes) is 6. The molecule has 2 aromatic carbocycles. The van der Waals surface area contributed by atoms with Gasteiger partial charge in [-0.25, -0.2) is 4.79 Å². The Labute approximate surface area is 652 Å². The normalized spacial score (nSPS) is 21.3. The molecule has 0 unspecified atom stereocenters. The van der Waals surface area contributed by atoms with Gasteiger partial charge in [0.25, 0.3) is 0 Å². The average molecular weight is 1610 g/mol. The second-order valence-electron chi connectivity index (χ2n) is 27.0. The van der Waals surface area contributed by atoms with Gasteiger partial charge >= 0.3 is 29.8 Å². The van der Waals surface area contributed by atoms with Crippen LogP contribution in [0, 0.1) is 5.92 Å². The van der Waals surface area contributed by atoms with Gasteiger partial charge in [-0.05, 0) is 57.2 Å². The molecule has 0 spiro atoms. The van der Waals surface area contributed by atoms with Crippen molar-refractivity contribution in [1.82, 2.24) is 74.1 Å². The summed E-state index contributed by atoms with van der Waals surface area (Å²) in [6.45, 7) is 1.19. The number of ether oxygens (including phenoxy) is 1. The lowest BCUT2D eigenvalue weighted by Gasteiger charge is -2.30. The number of hydrogen-bond donors (Lipinski definition) is 21. The third-order valence-electron chi connectivity index (χ3n) is 17.7. The fourth-order valence-corrected chi connectivity index (χ4v) is 11.6. The minimum Gasteiger partial charge on any atom is -0.481 e. The number of hydrogen-bond acceptors (Lipinski definition) is 23. The summed E-state index contributed by atoms with van der Waals surface area (Å²) in [5, 5.41) is 78.7. The summed E-state index contributed by atoms with van der Waals surface area (Å²) in [6, 6.07) is -8.69. The number of primary amides is 1. The van der Waals surface area contributed by atoms with Gasteiger partial charge < -0.3 is 116 Å². The van der Waals surface area contributed by atoms with E-state index < -0.39 is 255 Å². The number of aliphatic carboxylic acids is 4. The Morgan fingerprint density at radius 2 is 1.07 bits per heavy atom. The van der Waals surface area contributed by atoms with Gasteiger partial charge in [0.2, 0.25) is 82.7 Å². The van der Waals surface area contributed by atoms with Crippen molar-refractivity contribution in [2.75, 3.05) is 26.2 Å². The van der Waals surface area contributed by atoms with Crippen molar-refractivity contribution < 1.29 is 126 Å². The number of aliphatic hydroxyl groups is 1. The largest absolute Gasteiger partial charge is 0.481 e. The van der Waals surface area contributed by atoms with Crippen LogP contribution in [-0.4, -0.2) is 248 Å². The van der Waals surface area contributed by atoms with E-state index >= 15 is 0 Å². The number of esters is 1. The number of ketones is 1. The molecule has 114 heavy (non-hydrogen) atoms. The summed E-state index contributed by atoms with van der Waals surface area (Å²) in [5.74, 6) is -29.4. The molecule has 0 bridgehead atoms. The number of fused-ring (bicyclic) bond motifs is 1. The summed E-state index contributed by atoms with van der Waals surface area (Å²) in [5.41, 5.74) is 12.4. The van der Waals surface area contributed by atoms with E-state index in [0.29, 0.717) is 29.3 Å². The maximum Gasteiger partial charge on any atom is 0.329 e. The van der Waals surface area contributed by atoms with Gasteiger partial charge in [0.1, 0.15) is 72.6 Å². The summed E-state index contributed by atoms with van der Waals surface area (Å²) < 4.78 is 5.68. The first-order chi connectivity index (χ1) is 53.9. The number of Topliss-reactive ketones (excluding diaryl/α,β-unsaturated/α-hetero) is 1. The van der Waals surface area contributed by atoms with Gasteiger partial charge in [-0.2, -0.15) is 0 Å². The van der Waals surface area contributed by atoms with E-state index in [-0.39, 0.29) is 37.8 Å². The van der Waals surface area contributed by atoms with Crippen molar-refractivity contribution in [2.24, 2.45) is 17.4 Å². The summed E-state index contributed by atoms with van der Waals surface area (Å²) in [4.78, 5) is 276. The Morgan fingerprint density at radius 3 is 1.67 bits per heavy atom. The number of carboxylic acid groups (broad SMARTS) is 4. The molecule has 42 nitrogen and oxygen atoms in total. The Bertz CT molecular complexity index is 3970. The number of benzene rings is 2. The lowest BCUT2D eigenvalue weighted by molar-refractivity contribution is -0.156. The van der Waals surface area contributed by atoms with E-state index in [1.54, 1.807) is 30.5 Å². The number of nitrogens with two attached hydrogens (primary N) is 2. The number of H-pyrrole nitrogens is 1. The first kappa shape index (κ1) is 93.9. The molecule has 1 aromatic heterocycles. The number of amides is 14. The highest BCUT2D eigenvalue weighted by atomic mass is 16.5. The zero-order valence-corrected chi connectivity index (χ0v) is 63.1. The van der Waals surface area contributed by atoms with Crippen LogP contribution >= 0.6 is 0 Å². The van der Waals surface area contributed by atoms with E-state index in [0.717, 1.165) is 52.9 Å². The number of carbonyl (C=O) groups is 20. The molecule has 1 saturated heterocycles. The smallest absolute Gasteiger partial charge is 0.329 e. The van der Waals surface area contributed by atoms with Crippen molar-refractivity contribution in [1.29, 1.82) is 0 Å². The second-order valence-corrected chi connectivity index (χ2v) is 27.0. The molecule has 4 rings (SSSR count). The molecule has 1 aliphatic heterocycles. The van der Waals surface area contributed by atoms with Gasteiger partial charge in [-0.15, -0.1) is 0 Å². The maximum atomic E-state index is 14.8. The Morgan fingerprint density at radius 1 is 0.535 bits per heavy atom. The standard InChI is InChI=1S/C72H100N16O26/c1-5-6-7-8-9-10-14-23-53(92)80-44(26-40-32-75-42-21-16-15-20-41(40)42)66(107)83-45(28-52(74)91)67(108)85-48(31-59(101)102)68(109)88-61-38(4)114-72(113)49(27-51(90)39-18-12-11-13-19-39)86-71(112)60(36(2)25-56(95)96)87-69(110)50(35-89)81-55(94)33-76-63(104)46(29-57(97)98)82-62(103)37(3)78-65(106)47(30-58(99)100)84-64(105)43(22-17-24-73)79-54(93)34-77-70(61)111/h11-13,15-16,18-21,32,36-38,43-50,60-61,75,89H,5-10,14,17,22-31,33-35,73H2,1-4H3,(H2,74,91)(H,76,104)(H,77,111)(H,78,106)(H,79,93)(H,80,92)(H,81,94)(H,82,103)(H,83,107)(H,84,105)(H,85,108)(H,86,112)(H,87,110)(H,88,109)(H,95,96)(H,97,98)(H,99,100)(H,101,102)/t36-,37-,38-,43+,44+,45+,46+,47+,48+,49+,50-,60+,61+/m1/s1. The summed E-state index contributed by atoms with van der Waals surface area (Å²) in [6.07, 6.45) is -2.13. The number of carboxylic acids is 4. The molecule has 14 amide bonds. The van der Waals surface area contributed by atoms with Crippen molar-refractivity contribution >= 4 is 129 Å². The molecule has 23 N–H and O–H groups in total. The highest BCUT2D eigenvalue weighted by Crippen LogP contribution is 2.21. The summed E-state index contributed by atoms with van der Waals surface area (Å²) in [7, 11) is 0. The lowest BCUT2D eigenvalue weighted by Crippen LogP contribution is -2.62. The van der Waals surface area contributed by atoms with Crippen molar-refractivity contribution in [3.8, 4) is 0 Å². The Kier molecular flexibility index (Phi) is 39.2. The number of nitrogens with one attached hydrogen (secondary N) is 14. The van der Waals surface area contributed by atoms with Gasteiger partial charge in [-0.1, -0.05) is 101 Å². The molecule has 13 atom stereocenters. The lowest BCUT2D eigenvalue weighted by atomic mass is 9.96. The van der Waals surface area contributed by atoms with Crippen LogP contribution in [0.15, 0.2) is 60.8 Å². The number of aromatic amines is 1. The highest BCUT2D eigenvalue weighted by Gasteiger charge is 2.41. The third kappa shape index (κ3) is 32.4. The Balaban J connectivity index is 1.86. The fourth-order valence-electron chi connectivity index (χ4n) is 11.6. The average Bonchev–Trinajstić information content (AvgIpc) is 1.51. The SMILES string of the molecule is CCCCCCCCCC(=O)N[C@@H](Cc1c[nH]c2ccccc12)C(=O)N[C@@H](CC(N)=O)C(=O)N[C@@H](CC(=O)O)C(=O)N[C@@H]1C(=O)NCC(=O)N[C@@H](CCCN)C(=O)N[C@@H](CC(=O)O)C(=O)N[C@H](C)C(=O)N[C@@H](CC(=O)O)C(=O)NCC(=O)N[C@H](CO)C(=O)N[C@@H]([C@H](C)CC(=O)O)C(=O)N[C@@H](CC(=O)c2ccccc2)C(=O)O[C@@H]1C. The van der Waals surface area contributed by atoms with Crippen molar-refractivity contribution in [2.45, 2.75) is 209 Å². The highest BCUT2D eigenvalue weighted by molar-refractivity contribution is 6.03. The van der Waals surface area contributed by atoms with Crippen LogP contribution in [0.2, 0.25) is 0 Å². The molecule has 2 heterocycles. The first-order valence-electron chi connectivity index (χ1n) is 36.6. The van der Waals surface area contributed by atoms with Crippen molar-refractivity contribution in [3.63, 3.8) is 0 Å². The van der Waals surface area contributed by atoms with Gasteiger partial charge in [-0.3, -0.25) is 91.1 Å². The van der Waals surface area contributed by atoms with Crippen LogP contribution in [0.1, 0.15) is 146 Å². The second kappa shape index (κ2) is 47.7. The van der Waals surface area contributed by atoms with Crippen LogP contribution in [0.4, 0.5) is 0 Å². The molecule has 1 fully saturated rings. The van der Waals surface area contributed by atoms with E-state index in [9.17, 15) is 121 Å². The number of carbonyl (C=O) groups excluding carboxylic acids is 16. The number of para-hydroxylation sites is 1. The summed E-state index contributed by atoms with van der Waals surface area (Å²) >= 11 is 0. The predicted molar refractivity (Wildman–Crippen MR) is 396 cm³/mol. The van der Waals surface area contributed by atoms with Crippen LogP contribution in [0.5, 0.6) is 0 Å². The Hall–Kier alpha value is -12.5. The van der Waals surface area contributed by atoms with Crippen LogP contribution < -0.4 is 80.6 Å².